The minimum Gasteiger partial charge on any atom is -0.464 e. The normalized spacial score (nSPS) is 18.2. The zero-order valence-electron chi connectivity index (χ0n) is 12.1. The monoisotopic (exact) mass is 314 g/mol. The van der Waals surface area contributed by atoms with E-state index in [0.717, 1.165) is 0 Å². The van der Waals surface area contributed by atoms with Gasteiger partial charge in [-0.15, -0.1) is 0 Å². The fraction of sp³-hybridized carbons (Fsp3) is 0.571. The first-order chi connectivity index (χ1) is 9.98. The molecule has 0 atom stereocenters. The summed E-state index contributed by atoms with van der Waals surface area (Å²) in [5, 5.41) is 2.81. The van der Waals surface area contributed by atoms with Crippen LogP contribution in [-0.4, -0.2) is 49.1 Å². The first-order valence-corrected chi connectivity index (χ1v) is 7.27. The van der Waals surface area contributed by atoms with Gasteiger partial charge >= 0.3 is 5.97 Å². The number of hydrogen-bond donors (Lipinski definition) is 1. The summed E-state index contributed by atoms with van der Waals surface area (Å²) in [6, 6.07) is 1.48. The van der Waals surface area contributed by atoms with Gasteiger partial charge in [0.1, 0.15) is 5.54 Å². The number of amides is 1. The van der Waals surface area contributed by atoms with Crippen molar-refractivity contribution in [3.63, 3.8) is 0 Å². The van der Waals surface area contributed by atoms with Crippen molar-refractivity contribution in [2.45, 2.75) is 25.3 Å². The lowest BCUT2D eigenvalue weighted by atomic mass is 9.87. The van der Waals surface area contributed by atoms with E-state index in [-0.39, 0.29) is 17.4 Å². The Labute approximate surface area is 128 Å². The molecule has 1 aliphatic heterocycles. The van der Waals surface area contributed by atoms with Crippen molar-refractivity contribution >= 4 is 23.5 Å². The molecule has 0 aromatic carbocycles. The Morgan fingerprint density at radius 1 is 1.48 bits per heavy atom. The number of halogens is 1. The van der Waals surface area contributed by atoms with Crippen molar-refractivity contribution in [2.24, 2.45) is 0 Å². The first-order valence-electron chi connectivity index (χ1n) is 6.90. The maximum atomic E-state index is 12.3. The summed E-state index contributed by atoms with van der Waals surface area (Å²) in [7, 11) is 1.98. The molecule has 1 N–H and O–H groups in total. The van der Waals surface area contributed by atoms with Gasteiger partial charge in [-0.25, -0.2) is 4.79 Å². The Bertz CT molecular complexity index is 521. The highest BCUT2D eigenvalue weighted by Gasteiger charge is 2.44. The molecule has 116 valence electrons. The Kier molecular flexibility index (Phi) is 4.90. The van der Waals surface area contributed by atoms with Crippen LogP contribution in [0.5, 0.6) is 0 Å². The highest BCUT2D eigenvalue weighted by atomic mass is 35.5. The molecule has 1 aromatic heterocycles. The molecule has 1 amide bonds. The molecule has 0 spiro atoms. The summed E-state index contributed by atoms with van der Waals surface area (Å²) < 4.78 is 10.1. The van der Waals surface area contributed by atoms with Gasteiger partial charge in [-0.05, 0) is 44.5 Å². The first kappa shape index (κ1) is 15.9. The van der Waals surface area contributed by atoms with E-state index in [1.165, 1.54) is 12.3 Å². The third-order valence-electron chi connectivity index (χ3n) is 3.72. The number of hydrogen-bond acceptors (Lipinski definition) is 5. The van der Waals surface area contributed by atoms with Crippen molar-refractivity contribution < 1.29 is 18.7 Å². The molecule has 1 saturated heterocycles. The molecule has 6 nitrogen and oxygen atoms in total. The maximum absolute atomic E-state index is 12.3. The van der Waals surface area contributed by atoms with Crippen LogP contribution in [0, 0.1) is 0 Å². The van der Waals surface area contributed by atoms with Crippen LogP contribution >= 0.6 is 11.6 Å². The molecule has 1 aliphatic rings. The number of piperidine rings is 1. The van der Waals surface area contributed by atoms with E-state index in [1.54, 1.807) is 6.92 Å². The number of likely N-dealkylation sites (tertiary alicyclic amines) is 1. The molecule has 1 aromatic rings. The average molecular weight is 315 g/mol. The minimum absolute atomic E-state index is 0.0134. The smallest absolute Gasteiger partial charge is 0.331 e. The van der Waals surface area contributed by atoms with Crippen molar-refractivity contribution in [2.75, 3.05) is 26.7 Å². The second-order valence-electron chi connectivity index (χ2n) is 5.17. The number of furan rings is 1. The highest BCUT2D eigenvalue weighted by Crippen LogP contribution is 2.25. The highest BCUT2D eigenvalue weighted by molar-refractivity contribution is 6.32. The molecule has 0 saturated carbocycles. The van der Waals surface area contributed by atoms with Gasteiger partial charge in [-0.3, -0.25) is 4.79 Å². The zero-order chi connectivity index (χ0) is 15.5. The summed E-state index contributed by atoms with van der Waals surface area (Å²) in [4.78, 5) is 26.7. The molecule has 1 fully saturated rings. The van der Waals surface area contributed by atoms with E-state index in [4.69, 9.17) is 20.8 Å². The molecule has 0 bridgehead atoms. The molecule has 2 rings (SSSR count). The quantitative estimate of drug-likeness (QED) is 0.856. The fourth-order valence-electron chi connectivity index (χ4n) is 2.39. The average Bonchev–Trinajstić information content (AvgIpc) is 2.88. The van der Waals surface area contributed by atoms with Crippen molar-refractivity contribution in [3.05, 3.63) is 23.1 Å². The van der Waals surface area contributed by atoms with Crippen LogP contribution < -0.4 is 5.32 Å². The largest absolute Gasteiger partial charge is 0.464 e. The number of carbonyl (C=O) groups excluding carboxylic acids is 2. The number of nitrogens with one attached hydrogen (secondary N) is 1. The van der Waals surface area contributed by atoms with E-state index in [9.17, 15) is 9.59 Å². The number of ether oxygens (including phenoxy) is 1. The standard InChI is InChI=1S/C14H19ClN2O4/c1-3-20-13(19)14(5-7-17(2)8-6-14)16-12(18)10-4-9-21-11(10)15/h4,9H,3,5-8H2,1-2H3,(H,16,18). The number of esters is 1. The van der Waals surface area contributed by atoms with Gasteiger partial charge in [0.25, 0.3) is 5.91 Å². The van der Waals surface area contributed by atoms with Crippen molar-refractivity contribution in [1.29, 1.82) is 0 Å². The van der Waals surface area contributed by atoms with Gasteiger partial charge in [0.15, 0.2) is 0 Å². The van der Waals surface area contributed by atoms with Crippen LogP contribution in [-0.2, 0) is 9.53 Å². The van der Waals surface area contributed by atoms with Crippen LogP contribution in [0.1, 0.15) is 30.1 Å². The van der Waals surface area contributed by atoms with Gasteiger partial charge in [0.2, 0.25) is 5.22 Å². The van der Waals surface area contributed by atoms with Gasteiger partial charge in [-0.1, -0.05) is 0 Å². The third-order valence-corrected chi connectivity index (χ3v) is 4.01. The fourth-order valence-corrected chi connectivity index (χ4v) is 2.59. The Balaban J connectivity index is 2.18. The van der Waals surface area contributed by atoms with Crippen molar-refractivity contribution in [3.8, 4) is 0 Å². The Morgan fingerprint density at radius 3 is 2.67 bits per heavy atom. The van der Waals surface area contributed by atoms with Gasteiger partial charge in [0.05, 0.1) is 18.4 Å². The van der Waals surface area contributed by atoms with E-state index < -0.39 is 17.4 Å². The van der Waals surface area contributed by atoms with Crippen LogP contribution in [0.2, 0.25) is 5.22 Å². The minimum atomic E-state index is -1.000. The molecule has 7 heteroatoms. The van der Waals surface area contributed by atoms with E-state index in [0.29, 0.717) is 25.9 Å². The Morgan fingerprint density at radius 2 is 2.14 bits per heavy atom. The SMILES string of the molecule is CCOC(=O)C1(NC(=O)c2ccoc2Cl)CCN(C)CC1. The van der Waals surface area contributed by atoms with Crippen LogP contribution in [0.3, 0.4) is 0 Å². The summed E-state index contributed by atoms with van der Waals surface area (Å²) in [6.07, 6.45) is 2.34. The van der Waals surface area contributed by atoms with E-state index >= 15 is 0 Å². The third kappa shape index (κ3) is 3.39. The molecule has 0 aliphatic carbocycles. The predicted octanol–water partition coefficient (Wildman–Crippen LogP) is 1.69. The lowest BCUT2D eigenvalue weighted by Crippen LogP contribution is -2.60. The summed E-state index contributed by atoms with van der Waals surface area (Å²) in [5.41, 5.74) is -0.778. The molecular weight excluding hydrogens is 296 g/mol. The number of nitrogens with zero attached hydrogens (tertiary/aromatic N) is 1. The number of rotatable bonds is 4. The van der Waals surface area contributed by atoms with Crippen LogP contribution in [0.4, 0.5) is 0 Å². The predicted molar refractivity (Wildman–Crippen MR) is 77.3 cm³/mol. The maximum Gasteiger partial charge on any atom is 0.331 e. The van der Waals surface area contributed by atoms with Gasteiger partial charge < -0.3 is 19.4 Å². The van der Waals surface area contributed by atoms with E-state index in [2.05, 4.69) is 10.2 Å². The molecule has 2 heterocycles. The van der Waals surface area contributed by atoms with Crippen molar-refractivity contribution in [1.82, 2.24) is 10.2 Å². The Hall–Kier alpha value is -1.53. The van der Waals surface area contributed by atoms with E-state index in [1.807, 2.05) is 7.05 Å². The van der Waals surface area contributed by atoms with Crippen LogP contribution in [0.25, 0.3) is 0 Å². The molecule has 0 radical (unpaired) electrons. The topological polar surface area (TPSA) is 71.8 Å². The molecule has 21 heavy (non-hydrogen) atoms. The second-order valence-corrected chi connectivity index (χ2v) is 5.51. The molecule has 0 unspecified atom stereocenters. The summed E-state index contributed by atoms with van der Waals surface area (Å²) in [6.45, 7) is 3.44. The molecular formula is C14H19ClN2O4. The zero-order valence-corrected chi connectivity index (χ0v) is 12.9. The summed E-state index contributed by atoms with van der Waals surface area (Å²) >= 11 is 5.81. The summed E-state index contributed by atoms with van der Waals surface area (Å²) in [5.74, 6) is -0.822. The lowest BCUT2D eigenvalue weighted by Gasteiger charge is -2.38. The van der Waals surface area contributed by atoms with Gasteiger partial charge in [-0.2, -0.15) is 0 Å². The van der Waals surface area contributed by atoms with Gasteiger partial charge in [0, 0.05) is 13.1 Å². The van der Waals surface area contributed by atoms with Crippen LogP contribution in [0.15, 0.2) is 16.7 Å². The lowest BCUT2D eigenvalue weighted by molar-refractivity contribution is -0.152. The number of carbonyl (C=O) groups is 2. The second kappa shape index (κ2) is 6.49.